The average Bonchev–Trinajstić information content (AvgIpc) is 2.84. The molecule has 0 aliphatic heterocycles. The van der Waals surface area contributed by atoms with Gasteiger partial charge in [-0.25, -0.2) is 4.18 Å². The van der Waals surface area contributed by atoms with Gasteiger partial charge < -0.3 is 0 Å². The lowest BCUT2D eigenvalue weighted by atomic mass is 10.1. The molecule has 0 fully saturated rings. The molecule has 0 bridgehead atoms. The minimum absolute atomic E-state index is 0.174. The second-order valence-electron chi connectivity index (χ2n) is 9.09. The highest BCUT2D eigenvalue weighted by Gasteiger charge is 2.37. The third-order valence-electron chi connectivity index (χ3n) is 6.71. The zero-order chi connectivity index (χ0) is 25.9. The summed E-state index contributed by atoms with van der Waals surface area (Å²) >= 11 is 12.5. The van der Waals surface area contributed by atoms with Gasteiger partial charge in [0, 0.05) is 0 Å². The lowest BCUT2D eigenvalue weighted by molar-refractivity contribution is -0.958. The van der Waals surface area contributed by atoms with Crippen molar-refractivity contribution in [3.8, 4) is 0 Å². The number of benzene rings is 2. The molecule has 2 rings (SSSR count). The van der Waals surface area contributed by atoms with Crippen molar-refractivity contribution in [1.82, 2.24) is 0 Å². The molecular formula is C28H40Cl2NO3S+. The van der Waals surface area contributed by atoms with E-state index in [0.29, 0.717) is 20.9 Å². The Bertz CT molecular complexity index is 1050. The van der Waals surface area contributed by atoms with Crippen molar-refractivity contribution in [2.75, 3.05) is 19.6 Å². The van der Waals surface area contributed by atoms with Gasteiger partial charge in [-0.2, -0.15) is 8.42 Å². The fourth-order valence-electron chi connectivity index (χ4n) is 4.27. The van der Waals surface area contributed by atoms with Crippen LogP contribution in [0.25, 0.3) is 0 Å². The molecule has 0 aliphatic rings. The maximum Gasteiger partial charge on any atom is 0.302 e. The van der Waals surface area contributed by atoms with Gasteiger partial charge in [-0.05, 0) is 69.9 Å². The molecule has 4 nitrogen and oxygen atoms in total. The van der Waals surface area contributed by atoms with Crippen LogP contribution in [0.1, 0.15) is 64.0 Å². The fourth-order valence-corrected chi connectivity index (χ4v) is 5.76. The lowest BCUT2D eigenvalue weighted by Crippen LogP contribution is -2.56. The molecule has 0 saturated heterocycles. The molecular weight excluding hydrogens is 501 g/mol. The van der Waals surface area contributed by atoms with E-state index in [2.05, 4.69) is 20.8 Å². The van der Waals surface area contributed by atoms with Crippen LogP contribution in [0, 0.1) is 6.92 Å². The molecule has 7 heteroatoms. The molecule has 1 unspecified atom stereocenters. The summed E-state index contributed by atoms with van der Waals surface area (Å²) in [6.07, 6.45) is 9.50. The molecule has 1 atom stereocenters. The van der Waals surface area contributed by atoms with Crippen LogP contribution in [0.15, 0.2) is 59.5 Å². The van der Waals surface area contributed by atoms with E-state index >= 15 is 0 Å². The highest BCUT2D eigenvalue weighted by atomic mass is 35.5. The summed E-state index contributed by atoms with van der Waals surface area (Å²) in [6, 6.07) is 12.3. The Morgan fingerprint density at radius 1 is 0.943 bits per heavy atom. The van der Waals surface area contributed by atoms with Crippen LogP contribution < -0.4 is 0 Å². The Kier molecular flexibility index (Phi) is 12.3. The van der Waals surface area contributed by atoms with Crippen molar-refractivity contribution in [2.45, 2.75) is 77.3 Å². The molecule has 194 valence electrons. The molecule has 0 aromatic heterocycles. The molecule has 0 heterocycles. The molecule has 0 spiro atoms. The van der Waals surface area contributed by atoms with Crippen LogP contribution in [0.2, 0.25) is 10.0 Å². The number of aryl methyl sites for hydroxylation is 1. The van der Waals surface area contributed by atoms with Crippen LogP contribution in [-0.4, -0.2) is 38.8 Å². The van der Waals surface area contributed by atoms with Crippen molar-refractivity contribution in [3.63, 3.8) is 0 Å². The Hall–Kier alpha value is -1.37. The number of quaternary nitrogens is 1. The first-order valence-electron chi connectivity index (χ1n) is 12.6. The number of likely N-dealkylation sites (N-methyl/N-ethyl adjacent to an activating group) is 1. The van der Waals surface area contributed by atoms with E-state index in [9.17, 15) is 8.42 Å². The molecule has 2 aromatic carbocycles. The summed E-state index contributed by atoms with van der Waals surface area (Å²) in [7, 11) is -3.94. The second-order valence-corrected chi connectivity index (χ2v) is 11.4. The summed E-state index contributed by atoms with van der Waals surface area (Å²) < 4.78 is 33.1. The normalized spacial score (nSPS) is 13.4. The van der Waals surface area contributed by atoms with E-state index < -0.39 is 16.3 Å². The molecule has 2 aromatic rings. The molecule has 0 saturated carbocycles. The first-order valence-corrected chi connectivity index (χ1v) is 14.8. The van der Waals surface area contributed by atoms with Crippen molar-refractivity contribution >= 4 is 33.3 Å². The number of rotatable bonds is 15. The Morgan fingerprint density at radius 2 is 1.60 bits per heavy atom. The van der Waals surface area contributed by atoms with Crippen molar-refractivity contribution < 1.29 is 17.1 Å². The monoisotopic (exact) mass is 540 g/mol. The zero-order valence-electron chi connectivity index (χ0n) is 21.5. The topological polar surface area (TPSA) is 43.4 Å². The van der Waals surface area contributed by atoms with E-state index in [1.807, 2.05) is 31.2 Å². The first-order chi connectivity index (χ1) is 16.7. The molecule has 35 heavy (non-hydrogen) atoms. The van der Waals surface area contributed by atoms with Crippen molar-refractivity contribution in [1.29, 1.82) is 0 Å². The van der Waals surface area contributed by atoms with Gasteiger partial charge >= 0.3 is 10.1 Å². The van der Waals surface area contributed by atoms with Gasteiger partial charge in [0.05, 0.1) is 34.6 Å². The van der Waals surface area contributed by atoms with Gasteiger partial charge in [0.1, 0.15) is 0 Å². The van der Waals surface area contributed by atoms with E-state index in [1.54, 1.807) is 30.3 Å². The van der Waals surface area contributed by atoms with E-state index in [0.717, 1.165) is 43.6 Å². The van der Waals surface area contributed by atoms with Crippen LogP contribution in [0.3, 0.4) is 0 Å². The second kappa shape index (κ2) is 14.4. The predicted molar refractivity (Wildman–Crippen MR) is 148 cm³/mol. The smallest absolute Gasteiger partial charge is 0.295 e. The summed E-state index contributed by atoms with van der Waals surface area (Å²) in [6.45, 7) is 10.7. The Balaban J connectivity index is 2.34. The number of unbranched alkanes of at least 4 members (excludes halogenated alkanes) is 4. The maximum absolute atomic E-state index is 13.3. The first kappa shape index (κ1) is 29.9. The highest BCUT2D eigenvalue weighted by Crippen LogP contribution is 2.27. The van der Waals surface area contributed by atoms with Gasteiger partial charge in [0.2, 0.25) is 6.23 Å². The largest absolute Gasteiger partial charge is 0.302 e. The van der Waals surface area contributed by atoms with Crippen LogP contribution in [0.5, 0.6) is 0 Å². The van der Waals surface area contributed by atoms with E-state index in [1.165, 1.54) is 19.3 Å². The number of halogens is 2. The maximum atomic E-state index is 13.3. The highest BCUT2D eigenvalue weighted by molar-refractivity contribution is 7.86. The molecule has 0 radical (unpaired) electrons. The SMILES string of the molecule is CCCCCCC[N+](CC)(CC)C(C=CCc1cccc(Cl)c1Cl)OS(=O)(=O)c1ccc(C)cc1. The number of hydrogen-bond donors (Lipinski definition) is 0. The third-order valence-corrected chi connectivity index (χ3v) is 8.87. The van der Waals surface area contributed by atoms with Crippen LogP contribution >= 0.6 is 23.2 Å². The van der Waals surface area contributed by atoms with Crippen molar-refractivity contribution in [3.05, 3.63) is 75.8 Å². The number of hydrogen-bond acceptors (Lipinski definition) is 3. The summed E-state index contributed by atoms with van der Waals surface area (Å²) in [5, 5.41) is 1.03. The standard InChI is InChI=1S/C28H40Cl2NO3S/c1-5-8-9-10-11-22-31(6-2,7-3)27(17-13-15-24-14-12-16-26(29)28(24)30)34-35(32,33)25-20-18-23(4)19-21-25/h12-14,16-21,27H,5-11,15,22H2,1-4H3/q+1. The van der Waals surface area contributed by atoms with Gasteiger partial charge in [-0.1, -0.05) is 85.3 Å². The summed E-state index contributed by atoms with van der Waals surface area (Å²) in [5.41, 5.74) is 1.89. The molecule has 0 amide bonds. The van der Waals surface area contributed by atoms with Crippen LogP contribution in [-0.2, 0) is 20.7 Å². The number of nitrogens with zero attached hydrogens (tertiary/aromatic N) is 1. The molecule has 0 aliphatic carbocycles. The van der Waals surface area contributed by atoms with Gasteiger partial charge in [0.25, 0.3) is 0 Å². The Morgan fingerprint density at radius 3 is 2.23 bits per heavy atom. The summed E-state index contributed by atoms with van der Waals surface area (Å²) in [4.78, 5) is 0.174. The summed E-state index contributed by atoms with van der Waals surface area (Å²) in [5.74, 6) is 0. The van der Waals surface area contributed by atoms with Gasteiger partial charge in [0.15, 0.2) is 0 Å². The van der Waals surface area contributed by atoms with Crippen LogP contribution in [0.4, 0.5) is 0 Å². The fraction of sp³-hybridized carbons (Fsp3) is 0.500. The minimum atomic E-state index is -3.94. The van der Waals surface area contributed by atoms with Gasteiger partial charge in [-0.3, -0.25) is 4.48 Å². The Labute approximate surface area is 222 Å². The van der Waals surface area contributed by atoms with E-state index in [4.69, 9.17) is 27.4 Å². The van der Waals surface area contributed by atoms with Crippen molar-refractivity contribution in [2.24, 2.45) is 0 Å². The van der Waals surface area contributed by atoms with Gasteiger partial charge in [-0.15, -0.1) is 0 Å². The lowest BCUT2D eigenvalue weighted by Gasteiger charge is -2.41. The van der Waals surface area contributed by atoms with E-state index in [-0.39, 0.29) is 4.90 Å². The number of allylic oxidation sites excluding steroid dienone is 1. The third kappa shape index (κ3) is 8.61. The predicted octanol–water partition coefficient (Wildman–Crippen LogP) is 7.96. The molecule has 0 N–H and O–H groups in total. The average molecular weight is 542 g/mol. The minimum Gasteiger partial charge on any atom is -0.295 e. The quantitative estimate of drug-likeness (QED) is 0.0755. The zero-order valence-corrected chi connectivity index (χ0v) is 23.8.